The molecule has 0 spiro atoms. The predicted molar refractivity (Wildman–Crippen MR) is 79.4 cm³/mol. The van der Waals surface area contributed by atoms with Gasteiger partial charge in [-0.1, -0.05) is 29.8 Å². The Labute approximate surface area is 125 Å². The number of nitrogens with zero attached hydrogens (tertiary/aromatic N) is 3. The van der Waals surface area contributed by atoms with E-state index in [1.54, 1.807) is 0 Å². The van der Waals surface area contributed by atoms with Crippen LogP contribution in [0.1, 0.15) is 30.1 Å². The summed E-state index contributed by atoms with van der Waals surface area (Å²) < 4.78 is 14.2. The van der Waals surface area contributed by atoms with Crippen LogP contribution in [-0.4, -0.2) is 24.7 Å². The Balaban J connectivity index is 1.69. The maximum atomic E-state index is 12.4. The van der Waals surface area contributed by atoms with Crippen LogP contribution in [0.15, 0.2) is 29.4 Å². The lowest BCUT2D eigenvalue weighted by Crippen LogP contribution is -2.08. The van der Waals surface area contributed by atoms with Crippen molar-refractivity contribution in [3.8, 4) is 0 Å². The molecule has 20 heavy (non-hydrogen) atoms. The smallest absolute Gasteiger partial charge is 0.221 e. The van der Waals surface area contributed by atoms with Crippen molar-refractivity contribution in [1.82, 2.24) is 14.8 Å². The first-order chi connectivity index (χ1) is 9.66. The molecule has 0 amide bonds. The van der Waals surface area contributed by atoms with E-state index >= 15 is 0 Å². The van der Waals surface area contributed by atoms with Gasteiger partial charge in [0.1, 0.15) is 5.82 Å². The third kappa shape index (κ3) is 2.79. The van der Waals surface area contributed by atoms with E-state index in [1.807, 2.05) is 35.9 Å². The van der Waals surface area contributed by atoms with E-state index in [9.17, 15) is 4.21 Å². The first-order valence-corrected chi connectivity index (χ1v) is 8.37. The largest absolute Gasteiger partial charge is 0.307 e. The number of rotatable bonds is 5. The molecular formula is C14H16ClN3OS. The van der Waals surface area contributed by atoms with E-state index in [0.29, 0.717) is 23.2 Å². The molecule has 0 unspecified atom stereocenters. The molecule has 6 heteroatoms. The van der Waals surface area contributed by atoms with Gasteiger partial charge in [0.15, 0.2) is 0 Å². The average molecular weight is 310 g/mol. The first kappa shape index (κ1) is 13.8. The highest BCUT2D eigenvalue weighted by atomic mass is 35.5. The number of aromatic nitrogens is 3. The normalized spacial score (nSPS) is 16.3. The summed E-state index contributed by atoms with van der Waals surface area (Å²) in [7, 11) is 0.758. The average Bonchev–Trinajstić information content (AvgIpc) is 3.21. The van der Waals surface area contributed by atoms with Crippen LogP contribution in [0.5, 0.6) is 0 Å². The molecule has 1 aromatic carbocycles. The quantitative estimate of drug-likeness (QED) is 0.853. The zero-order valence-corrected chi connectivity index (χ0v) is 12.8. The van der Waals surface area contributed by atoms with Crippen LogP contribution < -0.4 is 0 Å². The van der Waals surface area contributed by atoms with Gasteiger partial charge in [0.25, 0.3) is 0 Å². The fraction of sp³-hybridized carbons (Fsp3) is 0.429. The summed E-state index contributed by atoms with van der Waals surface area (Å²) in [6.07, 6.45) is 3.01. The van der Waals surface area contributed by atoms with Crippen molar-refractivity contribution in [2.75, 3.05) is 5.75 Å². The van der Waals surface area contributed by atoms with E-state index < -0.39 is 10.8 Å². The maximum Gasteiger partial charge on any atom is 0.221 e. The standard InChI is InChI=1S/C14H16ClN3OS/c1-18-13(11-6-7-11)16-17-14(18)20(19)9-8-10-4-2-3-5-12(10)15/h2-5,11H,6-9H2,1H3/t20-/m1/s1. The van der Waals surface area contributed by atoms with E-state index in [0.717, 1.165) is 29.3 Å². The number of aryl methyl sites for hydroxylation is 1. The molecule has 1 atom stereocenters. The SMILES string of the molecule is Cn1c(C2CC2)nnc1[S@](=O)CCc1ccccc1Cl. The van der Waals surface area contributed by atoms with Crippen LogP contribution in [0.2, 0.25) is 5.02 Å². The topological polar surface area (TPSA) is 47.8 Å². The van der Waals surface area contributed by atoms with Crippen LogP contribution in [-0.2, 0) is 24.3 Å². The summed E-state index contributed by atoms with van der Waals surface area (Å²) in [5, 5.41) is 9.55. The zero-order chi connectivity index (χ0) is 14.1. The molecule has 0 N–H and O–H groups in total. The summed E-state index contributed by atoms with van der Waals surface area (Å²) in [6, 6.07) is 7.66. The van der Waals surface area contributed by atoms with Gasteiger partial charge in [-0.3, -0.25) is 4.21 Å². The molecule has 1 aliphatic rings. The van der Waals surface area contributed by atoms with Crippen molar-refractivity contribution in [2.45, 2.75) is 30.3 Å². The van der Waals surface area contributed by atoms with Gasteiger partial charge in [0, 0.05) is 23.7 Å². The predicted octanol–water partition coefficient (Wildman–Crippen LogP) is 2.70. The Hall–Kier alpha value is -1.20. The lowest BCUT2D eigenvalue weighted by molar-refractivity contribution is 0.658. The Morgan fingerprint density at radius 1 is 1.35 bits per heavy atom. The highest BCUT2D eigenvalue weighted by Gasteiger charge is 2.30. The van der Waals surface area contributed by atoms with E-state index in [1.165, 1.54) is 0 Å². The second-order valence-electron chi connectivity index (χ2n) is 5.07. The van der Waals surface area contributed by atoms with Gasteiger partial charge in [-0.15, -0.1) is 10.2 Å². The van der Waals surface area contributed by atoms with Gasteiger partial charge in [-0.2, -0.15) is 0 Å². The molecule has 0 bridgehead atoms. The van der Waals surface area contributed by atoms with Gasteiger partial charge in [-0.25, -0.2) is 0 Å². The van der Waals surface area contributed by atoms with Gasteiger partial charge >= 0.3 is 0 Å². The third-order valence-corrected chi connectivity index (χ3v) is 5.24. The first-order valence-electron chi connectivity index (χ1n) is 6.68. The molecule has 1 aliphatic carbocycles. The maximum absolute atomic E-state index is 12.4. The lowest BCUT2D eigenvalue weighted by Gasteiger charge is -2.05. The van der Waals surface area contributed by atoms with E-state index in [4.69, 9.17) is 11.6 Å². The molecule has 4 nitrogen and oxygen atoms in total. The lowest BCUT2D eigenvalue weighted by atomic mass is 10.2. The monoisotopic (exact) mass is 309 g/mol. The Morgan fingerprint density at radius 3 is 2.80 bits per heavy atom. The third-order valence-electron chi connectivity index (χ3n) is 3.53. The molecule has 1 heterocycles. The summed E-state index contributed by atoms with van der Waals surface area (Å²) in [5.74, 6) is 1.99. The van der Waals surface area contributed by atoms with Crippen LogP contribution >= 0.6 is 11.6 Å². The van der Waals surface area contributed by atoms with Gasteiger partial charge in [-0.05, 0) is 30.9 Å². The zero-order valence-electron chi connectivity index (χ0n) is 11.3. The minimum absolute atomic E-state index is 0.514. The fourth-order valence-electron chi connectivity index (χ4n) is 2.22. The molecule has 106 valence electrons. The summed E-state index contributed by atoms with van der Waals surface area (Å²) in [6.45, 7) is 0. The molecule has 2 aromatic rings. The Morgan fingerprint density at radius 2 is 2.10 bits per heavy atom. The van der Waals surface area contributed by atoms with Crippen LogP contribution in [0.3, 0.4) is 0 Å². The summed E-state index contributed by atoms with van der Waals surface area (Å²) in [4.78, 5) is 0. The molecule has 1 fully saturated rings. The van der Waals surface area contributed by atoms with Crippen molar-refractivity contribution in [2.24, 2.45) is 7.05 Å². The Bertz CT molecular complexity index is 652. The van der Waals surface area contributed by atoms with Gasteiger partial charge in [0.2, 0.25) is 5.16 Å². The Kier molecular flexibility index (Phi) is 3.89. The van der Waals surface area contributed by atoms with Crippen molar-refractivity contribution in [3.05, 3.63) is 40.7 Å². The molecule has 0 radical (unpaired) electrons. The summed E-state index contributed by atoms with van der Waals surface area (Å²) >= 11 is 6.11. The van der Waals surface area contributed by atoms with Crippen LogP contribution in [0.25, 0.3) is 0 Å². The van der Waals surface area contributed by atoms with Crippen LogP contribution in [0, 0.1) is 0 Å². The second-order valence-corrected chi connectivity index (χ2v) is 6.94. The van der Waals surface area contributed by atoms with E-state index in [2.05, 4.69) is 10.2 Å². The highest BCUT2D eigenvalue weighted by Crippen LogP contribution is 2.39. The molecule has 1 aromatic heterocycles. The minimum Gasteiger partial charge on any atom is -0.307 e. The molecule has 1 saturated carbocycles. The number of hydrogen-bond donors (Lipinski definition) is 0. The van der Waals surface area contributed by atoms with Crippen molar-refractivity contribution < 1.29 is 4.21 Å². The number of benzene rings is 1. The van der Waals surface area contributed by atoms with E-state index in [-0.39, 0.29) is 0 Å². The molecule has 0 saturated heterocycles. The number of hydrogen-bond acceptors (Lipinski definition) is 3. The minimum atomic E-state index is -1.14. The van der Waals surface area contributed by atoms with Crippen LogP contribution in [0.4, 0.5) is 0 Å². The van der Waals surface area contributed by atoms with Gasteiger partial charge < -0.3 is 4.57 Å². The second kappa shape index (κ2) is 5.66. The van der Waals surface area contributed by atoms with Crippen molar-refractivity contribution in [3.63, 3.8) is 0 Å². The highest BCUT2D eigenvalue weighted by molar-refractivity contribution is 7.84. The van der Waals surface area contributed by atoms with Crippen molar-refractivity contribution >= 4 is 22.4 Å². The molecule has 3 rings (SSSR count). The van der Waals surface area contributed by atoms with Crippen molar-refractivity contribution in [1.29, 1.82) is 0 Å². The van der Waals surface area contributed by atoms with Gasteiger partial charge in [0.05, 0.1) is 10.8 Å². The molecular weight excluding hydrogens is 294 g/mol. The summed E-state index contributed by atoms with van der Waals surface area (Å²) in [5.41, 5.74) is 1.02. The molecule has 0 aliphatic heterocycles. The number of halogens is 1. The fourth-order valence-corrected chi connectivity index (χ4v) is 3.57.